The lowest BCUT2D eigenvalue weighted by molar-refractivity contribution is 0.0344. The van der Waals surface area contributed by atoms with Crippen LogP contribution in [0, 0.1) is 5.92 Å². The van der Waals surface area contributed by atoms with Gasteiger partial charge in [0, 0.05) is 31.1 Å². The van der Waals surface area contributed by atoms with Crippen molar-refractivity contribution in [3.8, 4) is 5.75 Å². The molecular formula is C34H39N5O6S2. The zero-order valence-electron chi connectivity index (χ0n) is 26.4. The molecule has 0 spiro atoms. The molecule has 3 aromatic carbocycles. The van der Waals surface area contributed by atoms with E-state index in [1.165, 1.54) is 6.07 Å². The number of aliphatic hydroxyl groups excluding tert-OH is 1. The Kier molecular flexibility index (Phi) is 10.5. The summed E-state index contributed by atoms with van der Waals surface area (Å²) in [6, 6.07) is 21.9. The van der Waals surface area contributed by atoms with Gasteiger partial charge in [0.25, 0.3) is 21.8 Å². The van der Waals surface area contributed by atoms with Gasteiger partial charge in [-0.1, -0.05) is 43.3 Å². The van der Waals surface area contributed by atoms with Crippen LogP contribution in [-0.4, -0.2) is 74.0 Å². The van der Waals surface area contributed by atoms with Gasteiger partial charge in [0.15, 0.2) is 5.75 Å². The van der Waals surface area contributed by atoms with E-state index in [1.54, 1.807) is 77.9 Å². The number of rotatable bonds is 11. The highest BCUT2D eigenvalue weighted by atomic mass is 32.2. The monoisotopic (exact) mass is 677 g/mol. The van der Waals surface area contributed by atoms with Gasteiger partial charge in [-0.05, 0) is 67.4 Å². The molecule has 1 aromatic heterocycles. The Morgan fingerprint density at radius 2 is 1.81 bits per heavy atom. The minimum absolute atomic E-state index is 0.139. The molecule has 0 aliphatic carbocycles. The summed E-state index contributed by atoms with van der Waals surface area (Å²) in [4.78, 5) is 30.2. The van der Waals surface area contributed by atoms with Crippen molar-refractivity contribution in [3.63, 3.8) is 0 Å². The van der Waals surface area contributed by atoms with E-state index in [1.807, 2.05) is 26.1 Å². The van der Waals surface area contributed by atoms with Crippen molar-refractivity contribution < 1.29 is 27.9 Å². The first-order valence-corrected chi connectivity index (χ1v) is 17.5. The number of likely N-dealkylation sites (N-methyl/N-ethyl adjacent to an activating group) is 1. The molecule has 11 nitrogen and oxygen atoms in total. The fraction of sp³-hybridized carbons (Fsp3) is 0.294. The fourth-order valence-electron chi connectivity index (χ4n) is 5.40. The van der Waals surface area contributed by atoms with Gasteiger partial charge in [-0.25, -0.2) is 8.42 Å². The molecule has 13 heteroatoms. The molecule has 248 valence electrons. The Hall–Kier alpha value is -4.43. The highest BCUT2D eigenvalue weighted by Crippen LogP contribution is 2.36. The van der Waals surface area contributed by atoms with Crippen LogP contribution in [0.15, 0.2) is 88.5 Å². The standard InChI is InChI=1S/C34H39N5O6S2/c1-22-18-39(23(2)21-40)34(42)26-8-6-11-29(37-47(43,44)31-12-7-17-46-31)32(26)45-30(22)20-38(3)19-24-13-15-25(16-14-24)33(41)36-28-10-5-4-9-27(28)35/h4-17,22-23,30,37,40H,18-21,35H2,1-3H3,(H,36,41)/t22-,23+,30+/m1/s1. The maximum Gasteiger partial charge on any atom is 0.271 e. The fourth-order valence-corrected chi connectivity index (χ4v) is 7.46. The lowest BCUT2D eigenvalue weighted by atomic mass is 9.99. The largest absolute Gasteiger partial charge is 0.486 e. The van der Waals surface area contributed by atoms with Crippen LogP contribution in [0.3, 0.4) is 0 Å². The van der Waals surface area contributed by atoms with E-state index in [0.29, 0.717) is 36.6 Å². The molecule has 0 bridgehead atoms. The van der Waals surface area contributed by atoms with E-state index < -0.39 is 22.2 Å². The Labute approximate surface area is 279 Å². The summed E-state index contributed by atoms with van der Waals surface area (Å²) in [5, 5.41) is 14.5. The van der Waals surface area contributed by atoms with Crippen molar-refractivity contribution in [1.82, 2.24) is 9.80 Å². The number of sulfonamides is 1. The zero-order valence-corrected chi connectivity index (χ0v) is 28.1. The van der Waals surface area contributed by atoms with Gasteiger partial charge in [-0.2, -0.15) is 0 Å². The van der Waals surface area contributed by atoms with Gasteiger partial charge in [-0.3, -0.25) is 19.2 Å². The maximum atomic E-state index is 13.8. The van der Waals surface area contributed by atoms with E-state index >= 15 is 0 Å². The Morgan fingerprint density at radius 3 is 2.49 bits per heavy atom. The number of carbonyl (C=O) groups is 2. The second kappa shape index (κ2) is 14.6. The van der Waals surface area contributed by atoms with E-state index in [0.717, 1.165) is 16.9 Å². The first-order valence-electron chi connectivity index (χ1n) is 15.2. The van der Waals surface area contributed by atoms with Crippen LogP contribution in [0.25, 0.3) is 0 Å². The third-order valence-electron chi connectivity index (χ3n) is 8.06. The number of hydrogen-bond acceptors (Lipinski definition) is 9. The molecule has 1 aliphatic rings. The first-order chi connectivity index (χ1) is 22.5. The van der Waals surface area contributed by atoms with Crippen LogP contribution in [0.1, 0.15) is 40.1 Å². The summed E-state index contributed by atoms with van der Waals surface area (Å²) < 4.78 is 35.7. The molecule has 0 saturated carbocycles. The molecular weight excluding hydrogens is 639 g/mol. The molecule has 5 rings (SSSR count). The van der Waals surface area contributed by atoms with E-state index in [4.69, 9.17) is 10.5 Å². The Morgan fingerprint density at radius 1 is 1.09 bits per heavy atom. The molecule has 2 amide bonds. The van der Waals surface area contributed by atoms with Crippen LogP contribution in [-0.2, 0) is 16.6 Å². The van der Waals surface area contributed by atoms with E-state index in [9.17, 15) is 23.1 Å². The van der Waals surface area contributed by atoms with Crippen molar-refractivity contribution in [3.05, 3.63) is 101 Å². The summed E-state index contributed by atoms with van der Waals surface area (Å²) in [5.41, 5.74) is 8.83. The molecule has 47 heavy (non-hydrogen) atoms. The number of aliphatic hydroxyl groups is 1. The number of nitrogens with one attached hydrogen (secondary N) is 2. The van der Waals surface area contributed by atoms with E-state index in [-0.39, 0.29) is 45.5 Å². The lowest BCUT2D eigenvalue weighted by Gasteiger charge is -2.38. The third-order valence-corrected chi connectivity index (χ3v) is 10.8. The van der Waals surface area contributed by atoms with Crippen molar-refractivity contribution in [2.75, 3.05) is 42.5 Å². The van der Waals surface area contributed by atoms with Gasteiger partial charge >= 0.3 is 0 Å². The number of thiophene rings is 1. The minimum atomic E-state index is -3.92. The number of amides is 2. The highest BCUT2D eigenvalue weighted by molar-refractivity contribution is 7.94. The zero-order chi connectivity index (χ0) is 33.7. The molecule has 0 fully saturated rings. The smallest absolute Gasteiger partial charge is 0.271 e. The lowest BCUT2D eigenvalue weighted by Crippen LogP contribution is -2.49. The van der Waals surface area contributed by atoms with E-state index in [2.05, 4.69) is 14.9 Å². The average Bonchev–Trinajstić information content (AvgIpc) is 3.61. The average molecular weight is 678 g/mol. The molecule has 0 radical (unpaired) electrons. The summed E-state index contributed by atoms with van der Waals surface area (Å²) >= 11 is 1.09. The molecule has 5 N–H and O–H groups in total. The number of hydrogen-bond donors (Lipinski definition) is 4. The molecule has 0 saturated heterocycles. The van der Waals surface area contributed by atoms with Gasteiger partial charge in [0.1, 0.15) is 10.3 Å². The number of benzene rings is 3. The van der Waals surface area contributed by atoms with Gasteiger partial charge < -0.3 is 25.8 Å². The second-order valence-electron chi connectivity index (χ2n) is 11.8. The third kappa shape index (κ3) is 7.93. The molecule has 3 atom stereocenters. The summed E-state index contributed by atoms with van der Waals surface area (Å²) in [6.07, 6.45) is -0.450. The number of nitrogen functional groups attached to an aromatic ring is 1. The molecule has 1 aliphatic heterocycles. The number of ether oxygens (including phenoxy) is 1. The number of nitrogens with zero attached hydrogens (tertiary/aromatic N) is 2. The van der Waals surface area contributed by atoms with Crippen LogP contribution < -0.4 is 20.5 Å². The quantitative estimate of drug-likeness (QED) is 0.166. The van der Waals surface area contributed by atoms with Crippen molar-refractivity contribution in [1.29, 1.82) is 0 Å². The Balaban J connectivity index is 1.36. The van der Waals surface area contributed by atoms with Gasteiger partial charge in [0.2, 0.25) is 0 Å². The SMILES string of the molecule is C[C@@H]1CN([C@@H](C)CO)C(=O)c2cccc(NS(=O)(=O)c3cccs3)c2O[C@H]1CN(C)Cc1ccc(C(=O)Nc2ccccc2N)cc1. The van der Waals surface area contributed by atoms with Crippen LogP contribution in [0.4, 0.5) is 17.1 Å². The molecule has 0 unspecified atom stereocenters. The molecule has 2 heterocycles. The summed E-state index contributed by atoms with van der Waals surface area (Å²) in [7, 11) is -1.98. The maximum absolute atomic E-state index is 13.8. The van der Waals surface area contributed by atoms with Crippen molar-refractivity contribution in [2.24, 2.45) is 5.92 Å². The predicted octanol–water partition coefficient (Wildman–Crippen LogP) is 4.74. The topological polar surface area (TPSA) is 154 Å². The van der Waals surface area contributed by atoms with Crippen LogP contribution in [0.5, 0.6) is 5.75 Å². The summed E-state index contributed by atoms with van der Waals surface area (Å²) in [5.74, 6) is -0.648. The highest BCUT2D eigenvalue weighted by Gasteiger charge is 2.35. The predicted molar refractivity (Wildman–Crippen MR) is 184 cm³/mol. The second-order valence-corrected chi connectivity index (χ2v) is 14.6. The minimum Gasteiger partial charge on any atom is -0.486 e. The number of anilines is 3. The normalized spacial score (nSPS) is 17.3. The molecule has 4 aromatic rings. The van der Waals surface area contributed by atoms with Crippen LogP contribution in [0.2, 0.25) is 0 Å². The van der Waals surface area contributed by atoms with Crippen molar-refractivity contribution in [2.45, 2.75) is 36.7 Å². The number of nitrogens with two attached hydrogens (primary N) is 1. The number of para-hydroxylation sites is 3. The first kappa shape index (κ1) is 33.9. The van der Waals surface area contributed by atoms with Gasteiger partial charge in [-0.15, -0.1) is 11.3 Å². The summed E-state index contributed by atoms with van der Waals surface area (Å²) in [6.45, 7) is 4.83. The Bertz CT molecular complexity index is 1810. The van der Waals surface area contributed by atoms with Crippen LogP contribution >= 0.6 is 11.3 Å². The number of carbonyl (C=O) groups excluding carboxylic acids is 2. The van der Waals surface area contributed by atoms with Gasteiger partial charge in [0.05, 0.1) is 35.3 Å². The number of fused-ring (bicyclic) bond motifs is 1. The van der Waals surface area contributed by atoms with Crippen molar-refractivity contribution >= 4 is 50.2 Å².